The zero-order valence-electron chi connectivity index (χ0n) is 13.4. The van der Waals surface area contributed by atoms with Gasteiger partial charge in [-0.3, -0.25) is 4.79 Å². The number of benzene rings is 1. The Balaban J connectivity index is 2.14. The number of fused-ring (bicyclic) bond motifs is 2. The molecule has 1 aromatic carbocycles. The van der Waals surface area contributed by atoms with E-state index in [4.69, 9.17) is 0 Å². The van der Waals surface area contributed by atoms with Crippen molar-refractivity contribution in [3.63, 3.8) is 0 Å². The lowest BCUT2D eigenvalue weighted by Gasteiger charge is -2.31. The Morgan fingerprint density at radius 1 is 1.10 bits per heavy atom. The van der Waals surface area contributed by atoms with E-state index in [1.807, 2.05) is 13.0 Å². The van der Waals surface area contributed by atoms with Crippen LogP contribution < -0.4 is 0 Å². The molecule has 1 nitrogen and oxygen atoms in total. The fourth-order valence-electron chi connectivity index (χ4n) is 4.23. The van der Waals surface area contributed by atoms with Gasteiger partial charge >= 0.3 is 0 Å². The highest BCUT2D eigenvalue weighted by Crippen LogP contribution is 2.50. The number of ketones is 1. The summed E-state index contributed by atoms with van der Waals surface area (Å²) in [6, 6.07) is 10.6. The summed E-state index contributed by atoms with van der Waals surface area (Å²) < 4.78 is 0. The topological polar surface area (TPSA) is 17.1 Å². The Labute approximate surface area is 127 Å². The van der Waals surface area contributed by atoms with Gasteiger partial charge in [0.15, 0.2) is 5.78 Å². The normalized spacial score (nSPS) is 30.7. The first-order chi connectivity index (χ1) is 9.89. The minimum Gasteiger partial charge on any atom is -0.294 e. The second-order valence-corrected chi connectivity index (χ2v) is 7.37. The van der Waals surface area contributed by atoms with E-state index in [0.717, 1.165) is 18.4 Å². The van der Waals surface area contributed by atoms with Crippen LogP contribution in [-0.2, 0) is 4.79 Å². The maximum atomic E-state index is 12.7. The first-order valence-electron chi connectivity index (χ1n) is 7.86. The molecule has 1 aromatic rings. The van der Waals surface area contributed by atoms with E-state index >= 15 is 0 Å². The van der Waals surface area contributed by atoms with Crippen LogP contribution in [0.5, 0.6) is 0 Å². The molecule has 0 aromatic heterocycles. The summed E-state index contributed by atoms with van der Waals surface area (Å²) in [6.45, 7) is 8.77. The first kappa shape index (κ1) is 14.3. The maximum absolute atomic E-state index is 12.7. The van der Waals surface area contributed by atoms with Gasteiger partial charge in [0.05, 0.1) is 0 Å². The van der Waals surface area contributed by atoms with Crippen molar-refractivity contribution in [1.29, 1.82) is 0 Å². The molecule has 21 heavy (non-hydrogen) atoms. The van der Waals surface area contributed by atoms with Crippen molar-refractivity contribution in [2.75, 3.05) is 0 Å². The Morgan fingerprint density at radius 3 is 2.43 bits per heavy atom. The van der Waals surface area contributed by atoms with Gasteiger partial charge in [-0.15, -0.1) is 0 Å². The molecule has 1 heteroatoms. The minimum atomic E-state index is 0.106. The second-order valence-electron chi connectivity index (χ2n) is 7.37. The van der Waals surface area contributed by atoms with Crippen molar-refractivity contribution in [1.82, 2.24) is 0 Å². The van der Waals surface area contributed by atoms with Gasteiger partial charge in [0.25, 0.3) is 0 Å². The van der Waals surface area contributed by atoms with Crippen molar-refractivity contribution in [3.8, 4) is 0 Å². The summed E-state index contributed by atoms with van der Waals surface area (Å²) in [6.07, 6.45) is 4.24. The third-order valence-corrected chi connectivity index (χ3v) is 4.95. The van der Waals surface area contributed by atoms with Gasteiger partial charge in [0.1, 0.15) is 0 Å². The molecule has 2 atom stereocenters. The highest BCUT2D eigenvalue weighted by atomic mass is 16.1. The number of hydrogen-bond donors (Lipinski definition) is 0. The van der Waals surface area contributed by atoms with Crippen molar-refractivity contribution < 1.29 is 4.79 Å². The fourth-order valence-corrected chi connectivity index (χ4v) is 4.23. The van der Waals surface area contributed by atoms with Crippen molar-refractivity contribution in [3.05, 3.63) is 58.7 Å². The second kappa shape index (κ2) is 4.98. The van der Waals surface area contributed by atoms with E-state index in [1.54, 1.807) is 0 Å². The number of carbonyl (C=O) groups excluding carboxylic acids is 1. The van der Waals surface area contributed by atoms with E-state index < -0.39 is 0 Å². The average Bonchev–Trinajstić information content (AvgIpc) is 2.64. The lowest BCUT2D eigenvalue weighted by molar-refractivity contribution is -0.118. The van der Waals surface area contributed by atoms with Crippen LogP contribution in [0.25, 0.3) is 0 Å². The number of rotatable bonds is 1. The van der Waals surface area contributed by atoms with Crippen molar-refractivity contribution in [2.24, 2.45) is 11.3 Å². The molecule has 0 unspecified atom stereocenters. The van der Waals surface area contributed by atoms with E-state index in [2.05, 4.69) is 51.1 Å². The molecule has 0 heterocycles. The molecule has 0 fully saturated rings. The summed E-state index contributed by atoms with van der Waals surface area (Å²) in [5, 5.41) is 0. The third kappa shape index (κ3) is 2.50. The predicted molar refractivity (Wildman–Crippen MR) is 87.2 cm³/mol. The molecular formula is C20H24O. The quantitative estimate of drug-likeness (QED) is 0.658. The molecule has 2 bridgehead atoms. The molecular weight excluding hydrogens is 256 g/mol. The summed E-state index contributed by atoms with van der Waals surface area (Å²) in [7, 11) is 0. The van der Waals surface area contributed by atoms with Crippen LogP contribution in [0.2, 0.25) is 0 Å². The van der Waals surface area contributed by atoms with Crippen molar-refractivity contribution >= 4 is 5.78 Å². The number of allylic oxidation sites excluding steroid dienone is 4. The molecule has 0 saturated carbocycles. The molecule has 2 aliphatic rings. The Morgan fingerprint density at radius 2 is 1.76 bits per heavy atom. The zero-order chi connectivity index (χ0) is 15.2. The molecule has 2 aliphatic carbocycles. The smallest absolute Gasteiger partial charge is 0.162 e. The van der Waals surface area contributed by atoms with Crippen LogP contribution in [0.15, 0.2) is 53.1 Å². The SMILES string of the molecule is CC1=C2CC(C)(C)/C=C(/C)C[C@@H](C1=O)[C@H]2c1ccccc1. The zero-order valence-corrected chi connectivity index (χ0v) is 13.4. The molecule has 0 aliphatic heterocycles. The third-order valence-electron chi connectivity index (χ3n) is 4.95. The summed E-state index contributed by atoms with van der Waals surface area (Å²) in [4.78, 5) is 12.7. The average molecular weight is 280 g/mol. The molecule has 0 N–H and O–H groups in total. The lowest BCUT2D eigenvalue weighted by atomic mass is 9.72. The lowest BCUT2D eigenvalue weighted by Crippen LogP contribution is -2.21. The maximum Gasteiger partial charge on any atom is 0.162 e. The van der Waals surface area contributed by atoms with Crippen LogP contribution in [0.4, 0.5) is 0 Å². The summed E-state index contributed by atoms with van der Waals surface area (Å²) in [5.74, 6) is 0.751. The number of hydrogen-bond acceptors (Lipinski definition) is 1. The standard InChI is InChI=1S/C20H24O/c1-13-10-16-18(15-8-6-5-7-9-15)17(14(2)19(16)21)12-20(3,4)11-13/h5-9,11,16,18H,10,12H2,1-4H3/b13-11-/t16-,18-/m1/s1. The largest absolute Gasteiger partial charge is 0.294 e. The summed E-state index contributed by atoms with van der Waals surface area (Å²) >= 11 is 0. The van der Waals surface area contributed by atoms with Crippen LogP contribution in [0.1, 0.15) is 52.0 Å². The van der Waals surface area contributed by atoms with Gasteiger partial charge in [-0.25, -0.2) is 0 Å². The van der Waals surface area contributed by atoms with Crippen LogP contribution in [0, 0.1) is 11.3 Å². The van der Waals surface area contributed by atoms with Gasteiger partial charge in [-0.1, -0.05) is 61.4 Å². The monoisotopic (exact) mass is 280 g/mol. The van der Waals surface area contributed by atoms with E-state index in [9.17, 15) is 4.79 Å². The predicted octanol–water partition coefficient (Wildman–Crippen LogP) is 5.05. The number of carbonyl (C=O) groups is 1. The Hall–Kier alpha value is -1.63. The van der Waals surface area contributed by atoms with Gasteiger partial charge in [0, 0.05) is 11.8 Å². The Bertz CT molecular complexity index is 631. The summed E-state index contributed by atoms with van der Waals surface area (Å²) in [5.41, 5.74) is 5.17. The molecule has 0 spiro atoms. The van der Waals surface area contributed by atoms with E-state index in [1.165, 1.54) is 16.7 Å². The first-order valence-corrected chi connectivity index (χ1v) is 7.86. The van der Waals surface area contributed by atoms with Gasteiger partial charge in [-0.05, 0) is 43.2 Å². The molecule has 3 rings (SSSR count). The highest BCUT2D eigenvalue weighted by molar-refractivity contribution is 6.01. The molecule has 0 amide bonds. The molecule has 0 radical (unpaired) electrons. The van der Waals surface area contributed by atoms with E-state index in [0.29, 0.717) is 5.78 Å². The highest BCUT2D eigenvalue weighted by Gasteiger charge is 2.43. The minimum absolute atomic E-state index is 0.106. The van der Waals surface area contributed by atoms with Crippen LogP contribution in [0.3, 0.4) is 0 Å². The van der Waals surface area contributed by atoms with Gasteiger partial charge in [0.2, 0.25) is 0 Å². The van der Waals surface area contributed by atoms with Gasteiger partial charge in [-0.2, -0.15) is 0 Å². The molecule has 0 saturated heterocycles. The van der Waals surface area contributed by atoms with Crippen LogP contribution in [-0.4, -0.2) is 5.78 Å². The number of Topliss-reactive ketones (excluding diaryl/α,β-unsaturated/α-hetero) is 1. The van der Waals surface area contributed by atoms with Gasteiger partial charge < -0.3 is 0 Å². The Kier molecular flexibility index (Phi) is 3.39. The fraction of sp³-hybridized carbons (Fsp3) is 0.450. The van der Waals surface area contributed by atoms with E-state index in [-0.39, 0.29) is 17.3 Å². The van der Waals surface area contributed by atoms with Crippen LogP contribution >= 0.6 is 0 Å². The van der Waals surface area contributed by atoms with Crippen molar-refractivity contribution in [2.45, 2.75) is 46.5 Å². The molecule has 110 valence electrons.